The molecule has 2 amide bonds. The highest BCUT2D eigenvalue weighted by molar-refractivity contribution is 5.89. The Balaban J connectivity index is 1.39. The molecule has 4 rings (SSSR count). The molecule has 2 aromatic rings. The standard InChI is InChI=1S/C22H23F2N3O2/c23-18-6-5-14(9-19(18)24)13-27-8-7-25-22(29)20(27)12-21(28)26-17-10-15-3-1-2-4-16(15)11-17/h1-6,9,17,20H,7-8,10-13H2,(H,25,29)(H,26,28). The van der Waals surface area contributed by atoms with Gasteiger partial charge in [0.1, 0.15) is 0 Å². The zero-order valence-corrected chi connectivity index (χ0v) is 16.0. The Morgan fingerprint density at radius 3 is 2.52 bits per heavy atom. The van der Waals surface area contributed by atoms with E-state index < -0.39 is 17.7 Å². The number of carbonyl (C=O) groups excluding carboxylic acids is 2. The summed E-state index contributed by atoms with van der Waals surface area (Å²) < 4.78 is 26.7. The molecule has 152 valence electrons. The fourth-order valence-electron chi connectivity index (χ4n) is 4.17. The van der Waals surface area contributed by atoms with Crippen LogP contribution < -0.4 is 10.6 Å². The molecule has 0 saturated carbocycles. The molecule has 2 aromatic carbocycles. The Morgan fingerprint density at radius 1 is 1.10 bits per heavy atom. The van der Waals surface area contributed by atoms with Crippen LogP contribution in [0.15, 0.2) is 42.5 Å². The molecule has 0 bridgehead atoms. The largest absolute Gasteiger partial charge is 0.353 e. The first-order chi connectivity index (χ1) is 14.0. The third kappa shape index (κ3) is 4.45. The molecule has 2 N–H and O–H groups in total. The Hall–Kier alpha value is -2.80. The lowest BCUT2D eigenvalue weighted by Gasteiger charge is -2.35. The molecule has 5 nitrogen and oxygen atoms in total. The molecule has 1 unspecified atom stereocenters. The van der Waals surface area contributed by atoms with Crippen molar-refractivity contribution in [2.45, 2.75) is 37.9 Å². The maximum absolute atomic E-state index is 13.5. The molecule has 0 aromatic heterocycles. The van der Waals surface area contributed by atoms with Gasteiger partial charge in [-0.2, -0.15) is 0 Å². The number of amides is 2. The van der Waals surface area contributed by atoms with Crippen LogP contribution in [0.25, 0.3) is 0 Å². The van der Waals surface area contributed by atoms with Gasteiger partial charge in [0.25, 0.3) is 0 Å². The van der Waals surface area contributed by atoms with Gasteiger partial charge in [-0.25, -0.2) is 8.78 Å². The van der Waals surface area contributed by atoms with Crippen LogP contribution in [0.2, 0.25) is 0 Å². The summed E-state index contributed by atoms with van der Waals surface area (Å²) in [5.74, 6) is -2.22. The molecule has 1 saturated heterocycles. The van der Waals surface area contributed by atoms with Crippen molar-refractivity contribution in [3.8, 4) is 0 Å². The Morgan fingerprint density at radius 2 is 1.83 bits per heavy atom. The summed E-state index contributed by atoms with van der Waals surface area (Å²) in [7, 11) is 0. The minimum atomic E-state index is -0.918. The van der Waals surface area contributed by atoms with Crippen LogP contribution in [0.3, 0.4) is 0 Å². The molecule has 0 radical (unpaired) electrons. The summed E-state index contributed by atoms with van der Waals surface area (Å²) >= 11 is 0. The molecule has 1 aliphatic carbocycles. The van der Waals surface area contributed by atoms with Gasteiger partial charge >= 0.3 is 0 Å². The van der Waals surface area contributed by atoms with Gasteiger partial charge < -0.3 is 10.6 Å². The van der Waals surface area contributed by atoms with Gasteiger partial charge in [-0.3, -0.25) is 14.5 Å². The predicted octanol–water partition coefficient (Wildman–Crippen LogP) is 1.94. The van der Waals surface area contributed by atoms with Gasteiger partial charge in [-0.15, -0.1) is 0 Å². The average Bonchev–Trinajstić information content (AvgIpc) is 3.09. The zero-order valence-electron chi connectivity index (χ0n) is 16.0. The molecule has 1 heterocycles. The number of piperazine rings is 1. The van der Waals surface area contributed by atoms with Crippen LogP contribution in [0.4, 0.5) is 8.78 Å². The number of rotatable bonds is 5. The van der Waals surface area contributed by atoms with Gasteiger partial charge in [0.15, 0.2) is 11.6 Å². The van der Waals surface area contributed by atoms with Crippen molar-refractivity contribution in [3.05, 3.63) is 70.8 Å². The van der Waals surface area contributed by atoms with Crippen LogP contribution in [-0.4, -0.2) is 41.9 Å². The predicted molar refractivity (Wildman–Crippen MR) is 104 cm³/mol. The number of carbonyl (C=O) groups is 2. The second-order valence-corrected chi connectivity index (χ2v) is 7.67. The lowest BCUT2D eigenvalue weighted by atomic mass is 10.1. The zero-order chi connectivity index (χ0) is 20.4. The number of nitrogens with one attached hydrogen (secondary N) is 2. The van der Waals surface area contributed by atoms with Crippen LogP contribution in [0, 0.1) is 11.6 Å². The topological polar surface area (TPSA) is 61.4 Å². The normalized spacial score (nSPS) is 19.7. The van der Waals surface area contributed by atoms with E-state index in [1.54, 1.807) is 0 Å². The monoisotopic (exact) mass is 399 g/mol. The maximum atomic E-state index is 13.5. The quantitative estimate of drug-likeness (QED) is 0.808. The fourth-order valence-corrected chi connectivity index (χ4v) is 4.17. The number of hydrogen-bond donors (Lipinski definition) is 2. The van der Waals surface area contributed by atoms with Gasteiger partial charge in [-0.05, 0) is 41.7 Å². The summed E-state index contributed by atoms with van der Waals surface area (Å²) in [5.41, 5.74) is 3.05. The molecule has 2 aliphatic rings. The molecule has 1 atom stereocenters. The van der Waals surface area contributed by atoms with Gasteiger partial charge in [0.05, 0.1) is 12.5 Å². The van der Waals surface area contributed by atoms with Crippen LogP contribution in [0.1, 0.15) is 23.1 Å². The smallest absolute Gasteiger partial charge is 0.237 e. The van der Waals surface area contributed by atoms with E-state index in [2.05, 4.69) is 22.8 Å². The van der Waals surface area contributed by atoms with Crippen molar-refractivity contribution in [1.29, 1.82) is 0 Å². The highest BCUT2D eigenvalue weighted by Crippen LogP contribution is 2.22. The molecule has 7 heteroatoms. The third-order valence-corrected chi connectivity index (χ3v) is 5.61. The minimum absolute atomic E-state index is 0.0301. The molecule has 0 spiro atoms. The fraction of sp³-hybridized carbons (Fsp3) is 0.364. The van der Waals surface area contributed by atoms with Crippen molar-refractivity contribution in [3.63, 3.8) is 0 Å². The van der Waals surface area contributed by atoms with E-state index in [-0.39, 0.29) is 30.8 Å². The summed E-state index contributed by atoms with van der Waals surface area (Å²) in [4.78, 5) is 26.9. The Labute approximate surface area is 168 Å². The van der Waals surface area contributed by atoms with Gasteiger partial charge in [-0.1, -0.05) is 30.3 Å². The van der Waals surface area contributed by atoms with Crippen molar-refractivity contribution >= 4 is 11.8 Å². The Bertz CT molecular complexity index is 909. The number of fused-ring (bicyclic) bond motifs is 1. The first kappa shape index (κ1) is 19.5. The summed E-state index contributed by atoms with van der Waals surface area (Å²) in [5, 5.41) is 5.83. The molecule has 1 aliphatic heterocycles. The number of halogens is 2. The van der Waals surface area contributed by atoms with E-state index in [1.165, 1.54) is 17.2 Å². The SMILES string of the molecule is O=C(CC1C(=O)NCCN1Cc1ccc(F)c(F)c1)NC1Cc2ccccc2C1. The Kier molecular flexibility index (Phi) is 5.58. The van der Waals surface area contributed by atoms with Crippen molar-refractivity contribution in [2.75, 3.05) is 13.1 Å². The van der Waals surface area contributed by atoms with E-state index in [4.69, 9.17) is 0 Å². The number of benzene rings is 2. The summed E-state index contributed by atoms with van der Waals surface area (Å²) in [6, 6.07) is 11.2. The molecular formula is C22H23F2N3O2. The van der Waals surface area contributed by atoms with Gasteiger partial charge in [0.2, 0.25) is 11.8 Å². The molecule has 1 fully saturated rings. The number of nitrogens with zero attached hydrogens (tertiary/aromatic N) is 1. The minimum Gasteiger partial charge on any atom is -0.353 e. The molecule has 29 heavy (non-hydrogen) atoms. The second-order valence-electron chi connectivity index (χ2n) is 7.67. The van der Waals surface area contributed by atoms with E-state index >= 15 is 0 Å². The average molecular weight is 399 g/mol. The summed E-state index contributed by atoms with van der Waals surface area (Å²) in [6.07, 6.45) is 1.61. The van der Waals surface area contributed by atoms with Crippen LogP contribution >= 0.6 is 0 Å². The maximum Gasteiger partial charge on any atom is 0.237 e. The first-order valence-electron chi connectivity index (χ1n) is 9.81. The van der Waals surface area contributed by atoms with E-state index in [1.807, 2.05) is 17.0 Å². The van der Waals surface area contributed by atoms with E-state index in [0.29, 0.717) is 18.7 Å². The van der Waals surface area contributed by atoms with Crippen LogP contribution in [0.5, 0.6) is 0 Å². The van der Waals surface area contributed by atoms with Crippen molar-refractivity contribution < 1.29 is 18.4 Å². The van der Waals surface area contributed by atoms with Crippen molar-refractivity contribution in [2.24, 2.45) is 0 Å². The third-order valence-electron chi connectivity index (χ3n) is 5.61. The lowest BCUT2D eigenvalue weighted by Crippen LogP contribution is -2.56. The highest BCUT2D eigenvalue weighted by atomic mass is 19.2. The second kappa shape index (κ2) is 8.29. The van der Waals surface area contributed by atoms with Gasteiger partial charge in [0, 0.05) is 25.7 Å². The van der Waals surface area contributed by atoms with E-state index in [0.717, 1.165) is 25.0 Å². The lowest BCUT2D eigenvalue weighted by molar-refractivity contribution is -0.134. The van der Waals surface area contributed by atoms with Crippen LogP contribution in [-0.2, 0) is 29.0 Å². The van der Waals surface area contributed by atoms with Crippen molar-refractivity contribution in [1.82, 2.24) is 15.5 Å². The van der Waals surface area contributed by atoms with E-state index in [9.17, 15) is 18.4 Å². The number of hydrogen-bond acceptors (Lipinski definition) is 3. The molecular weight excluding hydrogens is 376 g/mol. The highest BCUT2D eigenvalue weighted by Gasteiger charge is 2.32. The first-order valence-corrected chi connectivity index (χ1v) is 9.81. The summed E-state index contributed by atoms with van der Waals surface area (Å²) in [6.45, 7) is 1.27.